The summed E-state index contributed by atoms with van der Waals surface area (Å²) in [4.78, 5) is 0. The maximum absolute atomic E-state index is 5.95. The molecule has 0 radical (unpaired) electrons. The van der Waals surface area contributed by atoms with Gasteiger partial charge in [-0.3, -0.25) is 0 Å². The molecule has 4 nitrogen and oxygen atoms in total. The molecule has 0 amide bonds. The second kappa shape index (κ2) is 7.66. The lowest BCUT2D eigenvalue weighted by Gasteiger charge is -2.21. The average molecular weight is 293 g/mol. The molecule has 1 N–H and O–H groups in total. The Bertz CT molecular complexity index is 448. The number of nitrogens with one attached hydrogen (secondary N) is 1. The average Bonchev–Trinajstić information content (AvgIpc) is 2.94. The first-order valence-corrected chi connectivity index (χ1v) is 7.70. The number of rotatable bonds is 7. The van der Waals surface area contributed by atoms with Crippen LogP contribution in [0.3, 0.4) is 0 Å². The van der Waals surface area contributed by atoms with Crippen LogP contribution in [0.15, 0.2) is 18.2 Å². The van der Waals surface area contributed by atoms with Gasteiger partial charge in [-0.2, -0.15) is 0 Å². The van der Waals surface area contributed by atoms with Crippen LogP contribution in [0, 0.1) is 11.8 Å². The van der Waals surface area contributed by atoms with Crippen molar-refractivity contribution in [2.45, 2.75) is 26.4 Å². The summed E-state index contributed by atoms with van der Waals surface area (Å²) in [6.07, 6.45) is 1.24. The Balaban J connectivity index is 2.05. The predicted octanol–water partition coefficient (Wildman–Crippen LogP) is 3.03. The van der Waals surface area contributed by atoms with Crippen LogP contribution in [0.5, 0.6) is 11.5 Å². The summed E-state index contributed by atoms with van der Waals surface area (Å²) < 4.78 is 16.6. The van der Waals surface area contributed by atoms with Gasteiger partial charge in [0.15, 0.2) is 11.5 Å². The first-order valence-electron chi connectivity index (χ1n) is 7.70. The van der Waals surface area contributed by atoms with Gasteiger partial charge in [-0.05, 0) is 36.6 Å². The maximum Gasteiger partial charge on any atom is 0.161 e. The minimum atomic E-state index is 0.143. The van der Waals surface area contributed by atoms with E-state index in [9.17, 15) is 0 Å². The zero-order valence-electron chi connectivity index (χ0n) is 13.5. The number of ether oxygens (including phenoxy) is 3. The fraction of sp³-hybridized carbons (Fsp3) is 0.647. The molecule has 0 bridgehead atoms. The summed E-state index contributed by atoms with van der Waals surface area (Å²) in [5.74, 6) is 2.71. The van der Waals surface area contributed by atoms with Crippen LogP contribution in [-0.2, 0) is 4.74 Å². The highest BCUT2D eigenvalue weighted by atomic mass is 16.5. The van der Waals surface area contributed by atoms with Crippen LogP contribution in [0.25, 0.3) is 0 Å². The van der Waals surface area contributed by atoms with E-state index < -0.39 is 0 Å². The largest absolute Gasteiger partial charge is 0.493 e. The molecule has 4 heteroatoms. The Morgan fingerprint density at radius 3 is 2.67 bits per heavy atom. The molecule has 2 rings (SSSR count). The highest BCUT2D eigenvalue weighted by Crippen LogP contribution is 2.38. The molecular formula is C17H27NO3. The molecule has 0 spiro atoms. The molecule has 1 aliphatic rings. The summed E-state index contributed by atoms with van der Waals surface area (Å²) in [5.41, 5.74) is 1.17. The van der Waals surface area contributed by atoms with Crippen molar-refractivity contribution < 1.29 is 14.2 Å². The van der Waals surface area contributed by atoms with Crippen molar-refractivity contribution in [3.05, 3.63) is 23.8 Å². The maximum atomic E-state index is 5.95. The molecule has 0 saturated carbocycles. The molecule has 1 aromatic carbocycles. The Morgan fingerprint density at radius 2 is 2.00 bits per heavy atom. The van der Waals surface area contributed by atoms with Crippen molar-refractivity contribution in [2.24, 2.45) is 11.8 Å². The van der Waals surface area contributed by atoms with Gasteiger partial charge in [-0.1, -0.05) is 19.9 Å². The molecule has 2 atom stereocenters. The van der Waals surface area contributed by atoms with Crippen LogP contribution in [-0.4, -0.2) is 33.9 Å². The normalized spacial score (nSPS) is 21.8. The van der Waals surface area contributed by atoms with Crippen molar-refractivity contribution in [1.29, 1.82) is 0 Å². The lowest BCUT2D eigenvalue weighted by molar-refractivity contribution is 0.0901. The minimum Gasteiger partial charge on any atom is -0.493 e. The van der Waals surface area contributed by atoms with E-state index in [4.69, 9.17) is 14.2 Å². The van der Waals surface area contributed by atoms with Gasteiger partial charge >= 0.3 is 0 Å². The third-order valence-corrected chi connectivity index (χ3v) is 3.91. The summed E-state index contributed by atoms with van der Waals surface area (Å²) in [6.45, 7) is 7.33. The monoisotopic (exact) mass is 293 g/mol. The fourth-order valence-corrected chi connectivity index (χ4v) is 2.80. The van der Waals surface area contributed by atoms with E-state index >= 15 is 0 Å². The molecule has 0 aliphatic carbocycles. The summed E-state index contributed by atoms with van der Waals surface area (Å²) >= 11 is 0. The van der Waals surface area contributed by atoms with Crippen molar-refractivity contribution in [3.63, 3.8) is 0 Å². The number of methoxy groups -OCH3 is 2. The van der Waals surface area contributed by atoms with Gasteiger partial charge in [0.2, 0.25) is 0 Å². The van der Waals surface area contributed by atoms with E-state index in [0.29, 0.717) is 11.8 Å². The second-order valence-corrected chi connectivity index (χ2v) is 6.01. The number of hydrogen-bond acceptors (Lipinski definition) is 4. The van der Waals surface area contributed by atoms with Gasteiger partial charge in [0.1, 0.15) is 0 Å². The van der Waals surface area contributed by atoms with Gasteiger partial charge in [0.05, 0.1) is 20.3 Å². The lowest BCUT2D eigenvalue weighted by atomic mass is 9.95. The van der Waals surface area contributed by atoms with E-state index in [1.165, 1.54) is 5.56 Å². The zero-order valence-corrected chi connectivity index (χ0v) is 13.5. The van der Waals surface area contributed by atoms with E-state index in [2.05, 4.69) is 25.2 Å². The Hall–Kier alpha value is -1.26. The third kappa shape index (κ3) is 4.11. The zero-order chi connectivity index (χ0) is 15.2. The molecular weight excluding hydrogens is 266 g/mol. The smallest absolute Gasteiger partial charge is 0.161 e. The molecule has 1 saturated heterocycles. The Labute approximate surface area is 127 Å². The molecule has 118 valence electrons. The predicted molar refractivity (Wildman–Crippen MR) is 84.1 cm³/mol. The molecule has 1 aromatic rings. The minimum absolute atomic E-state index is 0.143. The lowest BCUT2D eigenvalue weighted by Crippen LogP contribution is -2.28. The van der Waals surface area contributed by atoms with Crippen LogP contribution in [0.1, 0.15) is 31.9 Å². The third-order valence-electron chi connectivity index (χ3n) is 3.91. The molecule has 2 unspecified atom stereocenters. The van der Waals surface area contributed by atoms with E-state index in [-0.39, 0.29) is 6.10 Å². The van der Waals surface area contributed by atoms with Crippen LogP contribution in [0.2, 0.25) is 0 Å². The van der Waals surface area contributed by atoms with Crippen molar-refractivity contribution in [1.82, 2.24) is 5.32 Å². The molecule has 1 aliphatic heterocycles. The molecule has 21 heavy (non-hydrogen) atoms. The highest BCUT2D eigenvalue weighted by molar-refractivity contribution is 5.43. The van der Waals surface area contributed by atoms with Crippen molar-refractivity contribution in [3.8, 4) is 11.5 Å². The summed E-state index contributed by atoms with van der Waals surface area (Å²) in [7, 11) is 3.32. The summed E-state index contributed by atoms with van der Waals surface area (Å²) in [6, 6.07) is 6.06. The standard InChI is InChI=1S/C17H27NO3/c1-12(2)10-18-11-14-7-8-21-17(14)13-5-6-15(19-3)16(9-13)20-4/h5-6,9,12,14,17-18H,7-8,10-11H2,1-4H3. The number of benzene rings is 1. The Kier molecular flexibility index (Phi) is 5.88. The van der Waals surface area contributed by atoms with Gasteiger partial charge in [0, 0.05) is 19.1 Å². The van der Waals surface area contributed by atoms with Crippen molar-refractivity contribution >= 4 is 0 Å². The van der Waals surface area contributed by atoms with Crippen LogP contribution < -0.4 is 14.8 Å². The summed E-state index contributed by atoms with van der Waals surface area (Å²) in [5, 5.41) is 3.54. The van der Waals surface area contributed by atoms with Gasteiger partial charge in [0.25, 0.3) is 0 Å². The highest BCUT2D eigenvalue weighted by Gasteiger charge is 2.30. The van der Waals surface area contributed by atoms with Gasteiger partial charge < -0.3 is 19.5 Å². The van der Waals surface area contributed by atoms with Crippen LogP contribution in [0.4, 0.5) is 0 Å². The first-order chi connectivity index (χ1) is 10.2. The number of hydrogen-bond donors (Lipinski definition) is 1. The Morgan fingerprint density at radius 1 is 1.24 bits per heavy atom. The van der Waals surface area contributed by atoms with Gasteiger partial charge in [-0.15, -0.1) is 0 Å². The van der Waals surface area contributed by atoms with E-state index in [0.717, 1.165) is 37.6 Å². The SMILES string of the molecule is COc1ccc(C2OCCC2CNCC(C)C)cc1OC. The second-order valence-electron chi connectivity index (χ2n) is 6.01. The van der Waals surface area contributed by atoms with E-state index in [1.54, 1.807) is 14.2 Å². The van der Waals surface area contributed by atoms with Gasteiger partial charge in [-0.25, -0.2) is 0 Å². The fourth-order valence-electron chi connectivity index (χ4n) is 2.80. The molecule has 1 heterocycles. The van der Waals surface area contributed by atoms with E-state index in [1.807, 2.05) is 12.1 Å². The molecule has 1 fully saturated rings. The molecule has 0 aromatic heterocycles. The van der Waals surface area contributed by atoms with Crippen LogP contribution >= 0.6 is 0 Å². The van der Waals surface area contributed by atoms with Crippen molar-refractivity contribution in [2.75, 3.05) is 33.9 Å². The quantitative estimate of drug-likeness (QED) is 0.839. The topological polar surface area (TPSA) is 39.7 Å². The first kappa shape index (κ1) is 16.1.